The van der Waals surface area contributed by atoms with Crippen LogP contribution in [0.3, 0.4) is 0 Å². The number of ether oxygens (including phenoxy) is 1. The molecule has 1 aliphatic rings. The number of nitrogens with one attached hydrogen (secondary N) is 2. The number of halogens is 4. The third-order valence-corrected chi connectivity index (χ3v) is 6.92. The third-order valence-electron chi connectivity index (χ3n) is 6.56. The molecule has 36 heavy (non-hydrogen) atoms. The molecule has 0 saturated heterocycles. The molecule has 0 radical (unpaired) electrons. The first-order chi connectivity index (χ1) is 17.0. The molecule has 2 N–H and O–H groups in total. The number of hydrogen-bond acceptors (Lipinski definition) is 5. The lowest BCUT2D eigenvalue weighted by molar-refractivity contribution is -0.138. The van der Waals surface area contributed by atoms with Crippen molar-refractivity contribution in [1.82, 2.24) is 15.1 Å². The monoisotopic (exact) mass is 525 g/mol. The fourth-order valence-electron chi connectivity index (χ4n) is 4.32. The molecular formula is C25H31ClF3N5O2. The summed E-state index contributed by atoms with van der Waals surface area (Å²) in [4.78, 5) is 13.0. The molecule has 1 aromatic heterocycles. The fraction of sp³-hybridized carbons (Fsp3) is 0.560. The molecule has 1 aliphatic carbocycles. The Morgan fingerprint density at radius 1 is 1.33 bits per heavy atom. The van der Waals surface area contributed by atoms with Crippen molar-refractivity contribution in [1.29, 1.82) is 5.26 Å². The molecule has 7 nitrogen and oxygen atoms in total. The van der Waals surface area contributed by atoms with Gasteiger partial charge in [0.1, 0.15) is 11.8 Å². The van der Waals surface area contributed by atoms with Crippen LogP contribution in [0.4, 0.5) is 18.9 Å². The molecule has 1 aromatic carbocycles. The summed E-state index contributed by atoms with van der Waals surface area (Å²) < 4.78 is 45.8. The molecule has 0 aliphatic heterocycles. The van der Waals surface area contributed by atoms with E-state index < -0.39 is 18.1 Å². The number of carbonyl (C=O) groups is 1. The molecule has 1 fully saturated rings. The van der Waals surface area contributed by atoms with Crippen LogP contribution in [0.1, 0.15) is 56.4 Å². The summed E-state index contributed by atoms with van der Waals surface area (Å²) >= 11 is 6.64. The number of nitrogens with zero attached hydrogens (tertiary/aromatic N) is 3. The Morgan fingerprint density at radius 2 is 2.03 bits per heavy atom. The highest BCUT2D eigenvalue weighted by Crippen LogP contribution is 2.39. The quantitative estimate of drug-likeness (QED) is 0.416. The SMILES string of the molecule is COc1cc(N[C@H](C)C(F)(F)F)ccc1-c1c(Cl)c(C(=O)NCC2CCC(C)CC2)nn1CCC#N. The second kappa shape index (κ2) is 11.9. The van der Waals surface area contributed by atoms with Gasteiger partial charge in [0.05, 0.1) is 36.9 Å². The maximum atomic E-state index is 13.0. The molecule has 1 amide bonds. The van der Waals surface area contributed by atoms with Gasteiger partial charge < -0.3 is 15.4 Å². The van der Waals surface area contributed by atoms with E-state index in [9.17, 15) is 18.0 Å². The van der Waals surface area contributed by atoms with Crippen LogP contribution in [0.15, 0.2) is 18.2 Å². The van der Waals surface area contributed by atoms with E-state index in [1.165, 1.54) is 23.9 Å². The zero-order valence-electron chi connectivity index (χ0n) is 20.6. The molecular weight excluding hydrogens is 495 g/mol. The Balaban J connectivity index is 1.89. The Morgan fingerprint density at radius 3 is 2.64 bits per heavy atom. The van der Waals surface area contributed by atoms with E-state index in [1.54, 1.807) is 6.07 Å². The zero-order valence-corrected chi connectivity index (χ0v) is 21.3. The summed E-state index contributed by atoms with van der Waals surface area (Å²) in [7, 11) is 1.39. The van der Waals surface area contributed by atoms with Gasteiger partial charge >= 0.3 is 6.18 Å². The lowest BCUT2D eigenvalue weighted by Crippen LogP contribution is -2.33. The zero-order chi connectivity index (χ0) is 26.5. The number of benzene rings is 1. The van der Waals surface area contributed by atoms with Gasteiger partial charge in [-0.3, -0.25) is 9.48 Å². The number of nitriles is 1. The van der Waals surface area contributed by atoms with Gasteiger partial charge in [-0.2, -0.15) is 23.5 Å². The van der Waals surface area contributed by atoms with Crippen LogP contribution in [-0.4, -0.2) is 41.6 Å². The van der Waals surface area contributed by atoms with Crippen molar-refractivity contribution in [2.45, 2.75) is 64.7 Å². The average molecular weight is 526 g/mol. The minimum atomic E-state index is -4.41. The molecule has 196 valence electrons. The number of alkyl halides is 3. The standard InChI is InChI=1S/C25H31ClF3N5O2/c1-15-5-7-17(8-6-15)14-31-24(35)22-21(26)23(34(33-22)12-4-11-30)19-10-9-18(13-20(19)36-3)32-16(2)25(27,28)29/h9-10,13,15-17,32H,4-8,12,14H2,1-3H3,(H,31,35)/t15?,16-,17?/m1/s1. The highest BCUT2D eigenvalue weighted by molar-refractivity contribution is 6.36. The van der Waals surface area contributed by atoms with Crippen LogP contribution in [0.5, 0.6) is 5.75 Å². The highest BCUT2D eigenvalue weighted by Gasteiger charge is 2.36. The van der Waals surface area contributed by atoms with Crippen LogP contribution in [0, 0.1) is 23.2 Å². The van der Waals surface area contributed by atoms with Crippen molar-refractivity contribution >= 4 is 23.2 Å². The Kier molecular flexibility index (Phi) is 9.12. The molecule has 0 unspecified atom stereocenters. The fourth-order valence-corrected chi connectivity index (χ4v) is 4.65. The number of aromatic nitrogens is 2. The number of methoxy groups -OCH3 is 1. The summed E-state index contributed by atoms with van der Waals surface area (Å²) in [6, 6.07) is 4.74. The van der Waals surface area contributed by atoms with E-state index in [0.717, 1.165) is 32.6 Å². The number of hydrogen-bond donors (Lipinski definition) is 2. The minimum absolute atomic E-state index is 0.0312. The van der Waals surface area contributed by atoms with E-state index in [4.69, 9.17) is 21.6 Å². The lowest BCUT2D eigenvalue weighted by Gasteiger charge is -2.26. The van der Waals surface area contributed by atoms with Gasteiger partial charge in [-0.05, 0) is 43.7 Å². The maximum absolute atomic E-state index is 13.0. The van der Waals surface area contributed by atoms with Gasteiger partial charge in [0.25, 0.3) is 5.91 Å². The van der Waals surface area contributed by atoms with Gasteiger partial charge in [-0.25, -0.2) is 0 Å². The van der Waals surface area contributed by atoms with E-state index in [2.05, 4.69) is 22.7 Å². The number of aryl methyl sites for hydroxylation is 1. The van der Waals surface area contributed by atoms with E-state index in [-0.39, 0.29) is 35.1 Å². The summed E-state index contributed by atoms with van der Waals surface area (Å²) in [5.41, 5.74) is 1.04. The first-order valence-electron chi connectivity index (χ1n) is 12.0. The van der Waals surface area contributed by atoms with E-state index >= 15 is 0 Å². The first kappa shape index (κ1) is 27.7. The van der Waals surface area contributed by atoms with Crippen LogP contribution >= 0.6 is 11.6 Å². The minimum Gasteiger partial charge on any atom is -0.496 e. The van der Waals surface area contributed by atoms with Gasteiger partial charge in [0.15, 0.2) is 5.69 Å². The predicted molar refractivity (Wildman–Crippen MR) is 132 cm³/mol. The molecule has 1 saturated carbocycles. The molecule has 3 rings (SSSR count). The van der Waals surface area contributed by atoms with Crippen LogP contribution < -0.4 is 15.4 Å². The topological polar surface area (TPSA) is 92.0 Å². The van der Waals surface area contributed by atoms with Crippen molar-refractivity contribution in [3.8, 4) is 23.1 Å². The smallest absolute Gasteiger partial charge is 0.408 e. The molecule has 1 heterocycles. The van der Waals surface area contributed by atoms with Gasteiger partial charge in [0, 0.05) is 23.9 Å². The van der Waals surface area contributed by atoms with Crippen molar-refractivity contribution in [3.05, 3.63) is 28.9 Å². The predicted octanol–water partition coefficient (Wildman–Crippen LogP) is 6.04. The maximum Gasteiger partial charge on any atom is 0.408 e. The molecule has 0 spiro atoms. The van der Waals surface area contributed by atoms with Crippen molar-refractivity contribution in [2.24, 2.45) is 11.8 Å². The average Bonchev–Trinajstić information content (AvgIpc) is 3.17. The Hall–Kier alpha value is -2.93. The van der Waals surface area contributed by atoms with Gasteiger partial charge in [-0.1, -0.05) is 31.4 Å². The second-order valence-corrected chi connectivity index (χ2v) is 9.68. The largest absolute Gasteiger partial charge is 0.496 e. The second-order valence-electron chi connectivity index (χ2n) is 9.30. The molecule has 1 atom stereocenters. The summed E-state index contributed by atoms with van der Waals surface area (Å²) in [5.74, 6) is 0.950. The van der Waals surface area contributed by atoms with Crippen LogP contribution in [0.25, 0.3) is 11.3 Å². The van der Waals surface area contributed by atoms with Crippen LogP contribution in [0.2, 0.25) is 5.02 Å². The number of rotatable bonds is 9. The Bertz CT molecular complexity index is 1100. The molecule has 11 heteroatoms. The molecule has 0 bridgehead atoms. The van der Waals surface area contributed by atoms with E-state index in [1.807, 2.05) is 6.07 Å². The first-order valence-corrected chi connectivity index (χ1v) is 12.4. The summed E-state index contributed by atoms with van der Waals surface area (Å²) in [6.07, 6.45) is 0.102. The summed E-state index contributed by atoms with van der Waals surface area (Å²) in [6.45, 7) is 3.96. The van der Waals surface area contributed by atoms with Crippen molar-refractivity contribution in [2.75, 3.05) is 19.0 Å². The number of amides is 1. The van der Waals surface area contributed by atoms with Crippen molar-refractivity contribution < 1.29 is 22.7 Å². The number of carbonyl (C=O) groups excluding carboxylic acids is 1. The summed E-state index contributed by atoms with van der Waals surface area (Å²) in [5, 5.41) is 18.9. The normalized spacial score (nSPS) is 18.8. The van der Waals surface area contributed by atoms with Gasteiger partial charge in [0.2, 0.25) is 0 Å². The number of anilines is 1. The van der Waals surface area contributed by atoms with Crippen LogP contribution in [-0.2, 0) is 6.54 Å². The van der Waals surface area contributed by atoms with Crippen molar-refractivity contribution in [3.63, 3.8) is 0 Å². The lowest BCUT2D eigenvalue weighted by atomic mass is 9.83. The Labute approximate surface area is 213 Å². The molecule has 2 aromatic rings. The van der Waals surface area contributed by atoms with E-state index in [0.29, 0.717) is 29.6 Å². The highest BCUT2D eigenvalue weighted by atomic mass is 35.5. The van der Waals surface area contributed by atoms with Gasteiger partial charge in [-0.15, -0.1) is 0 Å². The third kappa shape index (κ3) is 6.64.